The molecule has 1 atom stereocenters. The van der Waals surface area contributed by atoms with E-state index in [0.29, 0.717) is 0 Å². The van der Waals surface area contributed by atoms with Crippen LogP contribution in [-0.4, -0.2) is 4.55 Å². The lowest BCUT2D eigenvalue weighted by molar-refractivity contribution is 0.598. The highest BCUT2D eigenvalue weighted by molar-refractivity contribution is 7.89. The van der Waals surface area contributed by atoms with E-state index in [1.54, 1.807) is 22.7 Å². The van der Waals surface area contributed by atoms with E-state index in [1.807, 2.05) is 16.8 Å². The standard InChI is InChI=1S/C6H5NOS3/c7-11(8)5-3-10-4-1-2-9-6(4)5/h1-3H,7H2. The molecule has 5 heteroatoms. The van der Waals surface area contributed by atoms with Gasteiger partial charge in [0.05, 0.1) is 21.4 Å². The molecule has 0 amide bonds. The second-order valence-corrected chi connectivity index (χ2v) is 4.87. The SMILES string of the molecule is N[S+]([O-])c1csc2ccsc12. The van der Waals surface area contributed by atoms with Crippen LogP contribution in [0.25, 0.3) is 9.40 Å². The molecule has 1 unspecified atom stereocenters. The van der Waals surface area contributed by atoms with Crippen LogP contribution in [0.4, 0.5) is 0 Å². The molecule has 2 rings (SSSR count). The normalized spacial score (nSPS) is 14.0. The number of hydrogen-bond acceptors (Lipinski definition) is 4. The smallest absolute Gasteiger partial charge is 0.202 e. The van der Waals surface area contributed by atoms with Gasteiger partial charge in [0.1, 0.15) is 4.70 Å². The summed E-state index contributed by atoms with van der Waals surface area (Å²) in [6.45, 7) is 0. The lowest BCUT2D eigenvalue weighted by atomic mass is 10.5. The van der Waals surface area contributed by atoms with Crippen LogP contribution < -0.4 is 5.14 Å². The molecule has 11 heavy (non-hydrogen) atoms. The Labute approximate surface area is 75.0 Å². The summed E-state index contributed by atoms with van der Waals surface area (Å²) in [6.07, 6.45) is 0. The minimum Gasteiger partial charge on any atom is -0.593 e. The van der Waals surface area contributed by atoms with E-state index in [-0.39, 0.29) is 0 Å². The third-order valence-electron chi connectivity index (χ3n) is 1.36. The molecule has 0 spiro atoms. The molecule has 2 heterocycles. The largest absolute Gasteiger partial charge is 0.593 e. The van der Waals surface area contributed by atoms with Gasteiger partial charge in [0.2, 0.25) is 4.90 Å². The molecule has 0 aromatic carbocycles. The highest BCUT2D eigenvalue weighted by Gasteiger charge is 2.13. The van der Waals surface area contributed by atoms with Crippen molar-refractivity contribution in [1.82, 2.24) is 0 Å². The van der Waals surface area contributed by atoms with Gasteiger partial charge in [-0.15, -0.1) is 27.8 Å². The summed E-state index contributed by atoms with van der Waals surface area (Å²) in [5, 5.41) is 9.11. The van der Waals surface area contributed by atoms with Crippen LogP contribution in [0.15, 0.2) is 21.7 Å². The van der Waals surface area contributed by atoms with E-state index >= 15 is 0 Å². The number of thiophene rings is 2. The molecule has 0 saturated heterocycles. The fourth-order valence-corrected chi connectivity index (χ4v) is 4.02. The zero-order valence-electron chi connectivity index (χ0n) is 5.44. The van der Waals surface area contributed by atoms with Gasteiger partial charge < -0.3 is 4.55 Å². The second kappa shape index (κ2) is 2.76. The van der Waals surface area contributed by atoms with Crippen molar-refractivity contribution in [3.63, 3.8) is 0 Å². The van der Waals surface area contributed by atoms with Crippen LogP contribution >= 0.6 is 22.7 Å². The molecule has 0 aliphatic carbocycles. The van der Waals surface area contributed by atoms with Crippen LogP contribution in [-0.2, 0) is 11.4 Å². The maximum absolute atomic E-state index is 10.9. The topological polar surface area (TPSA) is 49.1 Å². The van der Waals surface area contributed by atoms with E-state index in [4.69, 9.17) is 5.14 Å². The summed E-state index contributed by atoms with van der Waals surface area (Å²) in [7, 11) is 0. The third-order valence-corrected chi connectivity index (χ3v) is 4.42. The first-order valence-corrected chi connectivity index (χ1v) is 5.87. The Morgan fingerprint density at radius 3 is 3.00 bits per heavy atom. The van der Waals surface area contributed by atoms with E-state index in [0.717, 1.165) is 9.60 Å². The second-order valence-electron chi connectivity index (χ2n) is 2.01. The predicted molar refractivity (Wildman–Crippen MR) is 50.3 cm³/mol. The fraction of sp³-hybridized carbons (Fsp3) is 0. The molecular formula is C6H5NOS3. The first-order chi connectivity index (χ1) is 5.29. The molecule has 0 bridgehead atoms. The van der Waals surface area contributed by atoms with Gasteiger partial charge in [-0.2, -0.15) is 0 Å². The Bertz CT molecular complexity index is 364. The number of fused-ring (bicyclic) bond motifs is 1. The fourth-order valence-electron chi connectivity index (χ4n) is 0.879. The average Bonchev–Trinajstić information content (AvgIpc) is 2.41. The Hall–Kier alpha value is -0.0700. The van der Waals surface area contributed by atoms with Crippen LogP contribution in [0, 0.1) is 0 Å². The third kappa shape index (κ3) is 1.19. The van der Waals surface area contributed by atoms with E-state index < -0.39 is 11.4 Å². The Morgan fingerprint density at radius 2 is 2.27 bits per heavy atom. The minimum atomic E-state index is -1.33. The number of nitrogens with two attached hydrogens (primary N) is 1. The van der Waals surface area contributed by atoms with Crippen molar-refractivity contribution in [3.8, 4) is 0 Å². The van der Waals surface area contributed by atoms with Crippen molar-refractivity contribution < 1.29 is 4.55 Å². The van der Waals surface area contributed by atoms with Crippen LogP contribution in [0.1, 0.15) is 0 Å². The Kier molecular flexibility index (Phi) is 1.90. The molecule has 0 aliphatic heterocycles. The van der Waals surface area contributed by atoms with Gasteiger partial charge in [0, 0.05) is 0 Å². The van der Waals surface area contributed by atoms with Gasteiger partial charge in [0.25, 0.3) is 0 Å². The Balaban J connectivity index is 2.68. The minimum absolute atomic E-state index is 0.764. The number of hydrogen-bond donors (Lipinski definition) is 1. The highest BCUT2D eigenvalue weighted by atomic mass is 32.2. The molecule has 0 fully saturated rings. The molecule has 2 aromatic heterocycles. The van der Waals surface area contributed by atoms with Gasteiger partial charge in [0.15, 0.2) is 0 Å². The van der Waals surface area contributed by atoms with Gasteiger partial charge in [-0.25, -0.2) is 0 Å². The monoisotopic (exact) mass is 203 g/mol. The summed E-state index contributed by atoms with van der Waals surface area (Å²) in [5.41, 5.74) is 0. The predicted octanol–water partition coefficient (Wildman–Crippen LogP) is 1.94. The molecule has 0 aliphatic rings. The van der Waals surface area contributed by atoms with Crippen molar-refractivity contribution in [2.75, 3.05) is 0 Å². The van der Waals surface area contributed by atoms with Gasteiger partial charge >= 0.3 is 0 Å². The molecule has 0 saturated carbocycles. The lowest BCUT2D eigenvalue weighted by Gasteiger charge is -1.97. The highest BCUT2D eigenvalue weighted by Crippen LogP contribution is 2.32. The van der Waals surface area contributed by atoms with Gasteiger partial charge in [-0.3, -0.25) is 0 Å². The summed E-state index contributed by atoms with van der Waals surface area (Å²) in [5.74, 6) is 0. The lowest BCUT2D eigenvalue weighted by Crippen LogP contribution is -2.10. The quantitative estimate of drug-likeness (QED) is 0.720. The average molecular weight is 203 g/mol. The summed E-state index contributed by atoms with van der Waals surface area (Å²) in [6, 6.07) is 2.01. The van der Waals surface area contributed by atoms with Crippen molar-refractivity contribution in [2.24, 2.45) is 5.14 Å². The Morgan fingerprint density at radius 1 is 1.45 bits per heavy atom. The van der Waals surface area contributed by atoms with Crippen molar-refractivity contribution in [3.05, 3.63) is 16.8 Å². The van der Waals surface area contributed by atoms with Crippen molar-refractivity contribution in [2.45, 2.75) is 4.90 Å². The molecule has 0 radical (unpaired) electrons. The first-order valence-electron chi connectivity index (χ1n) is 2.90. The van der Waals surface area contributed by atoms with Crippen LogP contribution in [0.3, 0.4) is 0 Å². The van der Waals surface area contributed by atoms with E-state index in [9.17, 15) is 4.55 Å². The summed E-state index contributed by atoms with van der Waals surface area (Å²) < 4.78 is 13.2. The van der Waals surface area contributed by atoms with Gasteiger partial charge in [-0.05, 0) is 11.4 Å². The zero-order chi connectivity index (χ0) is 7.84. The summed E-state index contributed by atoms with van der Waals surface area (Å²) in [4.78, 5) is 0.764. The maximum atomic E-state index is 10.9. The molecule has 58 valence electrons. The van der Waals surface area contributed by atoms with E-state index in [1.165, 1.54) is 4.70 Å². The van der Waals surface area contributed by atoms with E-state index in [2.05, 4.69) is 0 Å². The van der Waals surface area contributed by atoms with Crippen LogP contribution in [0.5, 0.6) is 0 Å². The molecular weight excluding hydrogens is 198 g/mol. The maximum Gasteiger partial charge on any atom is 0.202 e. The molecule has 2 nitrogen and oxygen atoms in total. The van der Waals surface area contributed by atoms with Gasteiger partial charge in [-0.1, -0.05) is 0 Å². The molecule has 2 aromatic rings. The van der Waals surface area contributed by atoms with Crippen molar-refractivity contribution >= 4 is 43.4 Å². The summed E-state index contributed by atoms with van der Waals surface area (Å²) >= 11 is 1.84. The zero-order valence-corrected chi connectivity index (χ0v) is 7.89. The molecule has 2 N–H and O–H groups in total. The first kappa shape index (κ1) is 7.57. The van der Waals surface area contributed by atoms with Crippen LogP contribution in [0.2, 0.25) is 0 Å². The van der Waals surface area contributed by atoms with Crippen molar-refractivity contribution in [1.29, 1.82) is 0 Å². The number of rotatable bonds is 1.